The third kappa shape index (κ3) is 28.9. The minimum atomic E-state index is -0.580. The van der Waals surface area contributed by atoms with Gasteiger partial charge in [-0.15, -0.1) is 0 Å². The summed E-state index contributed by atoms with van der Waals surface area (Å²) in [6.07, 6.45) is 24.9. The van der Waals surface area contributed by atoms with Gasteiger partial charge in [-0.05, 0) is 221 Å². The summed E-state index contributed by atoms with van der Waals surface area (Å²) in [5.74, 6) is 6.91. The van der Waals surface area contributed by atoms with Crippen molar-refractivity contribution in [1.82, 2.24) is 30.2 Å². The van der Waals surface area contributed by atoms with Crippen molar-refractivity contribution in [1.29, 1.82) is 0 Å². The molecule has 4 aliphatic heterocycles. The van der Waals surface area contributed by atoms with Crippen LogP contribution < -0.4 is 48.5 Å². The van der Waals surface area contributed by atoms with Crippen molar-refractivity contribution in [3.05, 3.63) is 288 Å². The van der Waals surface area contributed by atoms with Crippen LogP contribution in [0, 0.1) is 0 Å². The third-order valence-electron chi connectivity index (χ3n) is 18.5. The number of para-hydroxylation sites is 4. The zero-order valence-corrected chi connectivity index (χ0v) is 62.2. The van der Waals surface area contributed by atoms with Gasteiger partial charge in [0.2, 0.25) is 0 Å². The molecule has 6 N–H and O–H groups in total. The highest BCUT2D eigenvalue weighted by molar-refractivity contribution is 5.40. The van der Waals surface area contributed by atoms with Gasteiger partial charge in [0, 0.05) is 62.7 Å². The molecular formula is C88H110N6O12. The molecule has 18 heteroatoms. The first kappa shape index (κ1) is 80.2. The molecule has 0 spiro atoms. The van der Waals surface area contributed by atoms with Crippen molar-refractivity contribution in [3.63, 3.8) is 0 Å². The van der Waals surface area contributed by atoms with Crippen molar-refractivity contribution in [3.8, 4) is 46.0 Å². The van der Waals surface area contributed by atoms with Gasteiger partial charge in [-0.1, -0.05) is 121 Å². The van der Waals surface area contributed by atoms with E-state index in [0.29, 0.717) is 39.4 Å². The number of rotatable bonds is 36. The highest BCUT2D eigenvalue weighted by atomic mass is 16.5. The van der Waals surface area contributed by atoms with E-state index < -0.39 is 24.4 Å². The Balaban J connectivity index is 0.000000163. The average molecular weight is 1440 g/mol. The number of hydrogen-bond donors (Lipinski definition) is 6. The highest BCUT2D eigenvalue weighted by Gasteiger charge is 2.20. The number of aliphatic hydroxyl groups excluding tert-OH is 4. The van der Waals surface area contributed by atoms with E-state index >= 15 is 0 Å². The number of aliphatic hydroxyl groups is 4. The number of benzene rings is 8. The highest BCUT2D eigenvalue weighted by Crippen LogP contribution is 2.27. The van der Waals surface area contributed by atoms with E-state index in [2.05, 4.69) is 93.2 Å². The van der Waals surface area contributed by atoms with E-state index in [0.717, 1.165) is 135 Å². The van der Waals surface area contributed by atoms with Gasteiger partial charge >= 0.3 is 0 Å². The van der Waals surface area contributed by atoms with Gasteiger partial charge in [0.15, 0.2) is 0 Å². The normalized spacial score (nSPS) is 14.8. The fourth-order valence-corrected chi connectivity index (χ4v) is 12.8. The molecule has 8 aromatic carbocycles. The van der Waals surface area contributed by atoms with Crippen LogP contribution in [0.25, 0.3) is 0 Å². The Bertz CT molecular complexity index is 3670. The Morgan fingerprint density at radius 1 is 0.302 bits per heavy atom. The first-order chi connectivity index (χ1) is 52.0. The quantitative estimate of drug-likeness (QED) is 0.0217. The molecule has 0 aromatic heterocycles. The molecule has 564 valence electrons. The molecular weight excluding hydrogens is 1330 g/mol. The van der Waals surface area contributed by atoms with Crippen LogP contribution in [0.5, 0.6) is 46.0 Å². The Morgan fingerprint density at radius 3 is 0.802 bits per heavy atom. The molecule has 1 unspecified atom stereocenters. The lowest BCUT2D eigenvalue weighted by Gasteiger charge is -2.22. The molecule has 8 aromatic rings. The van der Waals surface area contributed by atoms with E-state index in [1.807, 2.05) is 181 Å². The number of hydrogen-bond acceptors (Lipinski definition) is 18. The van der Waals surface area contributed by atoms with Crippen LogP contribution >= 0.6 is 0 Å². The molecule has 18 nitrogen and oxygen atoms in total. The molecule has 2 fully saturated rings. The summed E-state index contributed by atoms with van der Waals surface area (Å²) in [7, 11) is 6.74. The molecule has 4 aliphatic rings. The Labute approximate surface area is 628 Å². The summed E-state index contributed by atoms with van der Waals surface area (Å²) < 4.78 is 44.9. The van der Waals surface area contributed by atoms with Gasteiger partial charge < -0.3 is 88.6 Å². The maximum absolute atomic E-state index is 10.3. The van der Waals surface area contributed by atoms with Crippen LogP contribution in [0.15, 0.2) is 244 Å². The molecule has 4 heterocycles. The topological polar surface area (TPSA) is 192 Å². The summed E-state index contributed by atoms with van der Waals surface area (Å²) in [6.45, 7) is 7.92. The number of nitrogens with zero attached hydrogens (tertiary/aromatic N) is 4. The van der Waals surface area contributed by atoms with Crippen molar-refractivity contribution in [2.24, 2.45) is 0 Å². The number of β-amino-alcohol motifs (C(OH)–C–C–N with tert-alkyl or cyclic N) is 4. The minimum Gasteiger partial charge on any atom is -0.497 e. The number of ether oxygens (including phenoxy) is 8. The van der Waals surface area contributed by atoms with E-state index in [1.54, 1.807) is 28.4 Å². The SMILES string of the molecule is COc1cccc(CCc2ccccc2OCC(O)CN2CCCC2)c1.COc1cccc(CCc2ccccc2OC[C@@H](O)CN2C=CNC=C2)c1.COc1cccc(CCc2ccccc2OC[C@@H](O)CN2CCCC2)c1.COc1cccc(CCc2ccccc2OC[C@H](O)CN2C=CNC=C2)c1. The Morgan fingerprint density at radius 2 is 0.547 bits per heavy atom. The maximum atomic E-state index is 10.3. The fourth-order valence-electron chi connectivity index (χ4n) is 12.8. The first-order valence-electron chi connectivity index (χ1n) is 37.2. The second-order valence-corrected chi connectivity index (χ2v) is 26.7. The van der Waals surface area contributed by atoms with E-state index in [9.17, 15) is 20.4 Å². The van der Waals surface area contributed by atoms with E-state index in [-0.39, 0.29) is 13.2 Å². The minimum absolute atomic E-state index is 0.252. The smallest absolute Gasteiger partial charge is 0.122 e. The van der Waals surface area contributed by atoms with Crippen LogP contribution in [0.2, 0.25) is 0 Å². The summed E-state index contributed by atoms with van der Waals surface area (Å²) in [5.41, 5.74) is 9.54. The lowest BCUT2D eigenvalue weighted by atomic mass is 10.0. The fraction of sp³-hybridized carbons (Fsp3) is 0.364. The lowest BCUT2D eigenvalue weighted by Crippen LogP contribution is -2.33. The molecule has 106 heavy (non-hydrogen) atoms. The summed E-state index contributed by atoms with van der Waals surface area (Å²) in [5, 5.41) is 46.9. The van der Waals surface area contributed by atoms with Crippen molar-refractivity contribution in [2.75, 3.05) is 107 Å². The second-order valence-electron chi connectivity index (χ2n) is 26.7. The molecule has 0 bridgehead atoms. The molecule has 0 amide bonds. The summed E-state index contributed by atoms with van der Waals surface area (Å²) in [6, 6.07) is 64.8. The van der Waals surface area contributed by atoms with Gasteiger partial charge in [-0.3, -0.25) is 0 Å². The second kappa shape index (κ2) is 45.4. The van der Waals surface area contributed by atoms with Crippen LogP contribution in [-0.2, 0) is 51.4 Å². The lowest BCUT2D eigenvalue weighted by molar-refractivity contribution is 0.0754. The predicted molar refractivity (Wildman–Crippen MR) is 421 cm³/mol. The number of nitrogens with one attached hydrogen (secondary N) is 2. The van der Waals surface area contributed by atoms with Crippen LogP contribution in [-0.4, -0.2) is 172 Å². The van der Waals surface area contributed by atoms with Crippen LogP contribution in [0.1, 0.15) is 70.2 Å². The zero-order valence-electron chi connectivity index (χ0n) is 62.2. The van der Waals surface area contributed by atoms with E-state index in [1.165, 1.54) is 59.1 Å². The zero-order chi connectivity index (χ0) is 74.2. The number of likely N-dealkylation sites (tertiary alicyclic amines) is 2. The van der Waals surface area contributed by atoms with Gasteiger partial charge in [-0.2, -0.15) is 0 Å². The largest absolute Gasteiger partial charge is 0.497 e. The first-order valence-corrected chi connectivity index (χ1v) is 37.2. The molecule has 0 aliphatic carbocycles. The van der Waals surface area contributed by atoms with Crippen LogP contribution in [0.4, 0.5) is 0 Å². The van der Waals surface area contributed by atoms with Crippen molar-refractivity contribution >= 4 is 0 Å². The van der Waals surface area contributed by atoms with Crippen molar-refractivity contribution in [2.45, 2.75) is 101 Å². The molecule has 4 atom stereocenters. The van der Waals surface area contributed by atoms with Gasteiger partial charge in [0.25, 0.3) is 0 Å². The molecule has 0 radical (unpaired) electrons. The number of aryl methyl sites for hydroxylation is 8. The summed E-state index contributed by atoms with van der Waals surface area (Å²) >= 11 is 0. The monoisotopic (exact) mass is 1440 g/mol. The van der Waals surface area contributed by atoms with E-state index in [4.69, 9.17) is 37.9 Å². The Kier molecular flexibility index (Phi) is 34.4. The Hall–Kier alpha value is -9.92. The molecule has 12 rings (SSSR count). The van der Waals surface area contributed by atoms with Crippen LogP contribution in [0.3, 0.4) is 0 Å². The van der Waals surface area contributed by atoms with Gasteiger partial charge in [-0.25, -0.2) is 0 Å². The van der Waals surface area contributed by atoms with Crippen molar-refractivity contribution < 1.29 is 58.3 Å². The maximum Gasteiger partial charge on any atom is 0.122 e. The van der Waals surface area contributed by atoms with Gasteiger partial charge in [0.1, 0.15) is 96.8 Å². The standard InChI is InChI=1S/2C22H26N2O3.2C22H29NO3/c2*1-26-21-7-4-5-18(15-21)9-10-19-6-2-3-8-22(19)27-17-20(25)16-24-13-11-23-12-14-24;2*1-25-21-9-6-7-18(15-21)11-12-19-8-2-3-10-22(19)26-17-20(24)16-23-13-4-5-14-23/h2*2-8,11-15,20,23,25H,9-10,16-17H2,1H3;2*2-3,6-10,15,20,24H,4-5,11-14,16-17H2,1H3/t3*20-;/m100./s1. The summed E-state index contributed by atoms with van der Waals surface area (Å²) in [4.78, 5) is 8.45. The molecule has 2 saturated heterocycles. The molecule has 0 saturated carbocycles. The third-order valence-corrected chi connectivity index (χ3v) is 18.5. The predicted octanol–water partition coefficient (Wildman–Crippen LogP) is 12.8. The van der Waals surface area contributed by atoms with Gasteiger partial charge in [0.05, 0.1) is 41.5 Å². The average Bonchev–Trinajstić information content (AvgIpc) is 1.33. The number of methoxy groups -OCH3 is 4.